The lowest BCUT2D eigenvalue weighted by atomic mass is 9.44. The average molecular weight is 290 g/mol. The maximum Gasteiger partial charge on any atom is 0.0839 e. The van der Waals surface area contributed by atoms with Gasteiger partial charge in [-0.25, -0.2) is 0 Å². The van der Waals surface area contributed by atoms with Gasteiger partial charge >= 0.3 is 0 Å². The molecule has 0 N–H and O–H groups in total. The molecule has 0 unspecified atom stereocenters. The van der Waals surface area contributed by atoms with Crippen LogP contribution in [0.25, 0.3) is 0 Å². The maximum atomic E-state index is 6.68. The van der Waals surface area contributed by atoms with Gasteiger partial charge in [-0.3, -0.25) is 0 Å². The Morgan fingerprint density at radius 3 is 2.24 bits per heavy atom. The van der Waals surface area contributed by atoms with Gasteiger partial charge in [0.1, 0.15) is 0 Å². The lowest BCUT2D eigenvalue weighted by Gasteiger charge is -2.65. The molecule has 0 aromatic carbocycles. The second kappa shape index (κ2) is 4.60. The lowest BCUT2D eigenvalue weighted by molar-refractivity contribution is -0.252. The molecule has 0 spiro atoms. The van der Waals surface area contributed by atoms with Gasteiger partial charge < -0.3 is 4.74 Å². The van der Waals surface area contributed by atoms with Crippen LogP contribution in [0.5, 0.6) is 0 Å². The fourth-order valence-electron chi connectivity index (χ4n) is 6.52. The number of rotatable bonds is 1. The van der Waals surface area contributed by atoms with E-state index < -0.39 is 0 Å². The molecule has 3 fully saturated rings. The fraction of sp³-hybridized carbons (Fsp3) is 0.900. The zero-order valence-corrected chi connectivity index (χ0v) is 14.8. The Kier molecular flexibility index (Phi) is 3.41. The normalized spacial score (nSPS) is 52.6. The van der Waals surface area contributed by atoms with Gasteiger partial charge in [-0.15, -0.1) is 6.58 Å². The van der Waals surface area contributed by atoms with E-state index in [1.54, 1.807) is 0 Å². The Morgan fingerprint density at radius 1 is 0.905 bits per heavy atom. The van der Waals surface area contributed by atoms with Crippen molar-refractivity contribution in [2.75, 3.05) is 0 Å². The van der Waals surface area contributed by atoms with E-state index in [1.165, 1.54) is 38.5 Å². The summed E-state index contributed by atoms with van der Waals surface area (Å²) in [4.78, 5) is 0. The Labute approximate surface area is 131 Å². The molecule has 2 aliphatic carbocycles. The van der Waals surface area contributed by atoms with Crippen molar-refractivity contribution in [2.45, 2.75) is 90.8 Å². The first-order chi connectivity index (χ1) is 9.65. The van der Waals surface area contributed by atoms with Crippen molar-refractivity contribution in [2.24, 2.45) is 22.7 Å². The highest BCUT2D eigenvalue weighted by Crippen LogP contribution is 2.65. The van der Waals surface area contributed by atoms with Gasteiger partial charge in [0, 0.05) is 0 Å². The minimum atomic E-state index is -0.112. The maximum absolute atomic E-state index is 6.68. The average Bonchev–Trinajstić information content (AvgIpc) is 2.36. The second-order valence-corrected chi connectivity index (χ2v) is 9.46. The van der Waals surface area contributed by atoms with Crippen molar-refractivity contribution < 1.29 is 4.74 Å². The molecular weight excluding hydrogens is 256 g/mol. The minimum Gasteiger partial charge on any atom is -0.365 e. The first-order valence-corrected chi connectivity index (χ1v) is 8.99. The Hall–Kier alpha value is -0.300. The Morgan fingerprint density at radius 2 is 1.57 bits per heavy atom. The van der Waals surface area contributed by atoms with E-state index in [-0.39, 0.29) is 11.2 Å². The standard InChI is InChI=1S/C20H34O/c1-7-18(4)13-9-16-19(5)12-8-11-17(2,3)15(19)10-14-20(16,6)21-18/h7,15-16H,1,8-14H2,2-6H3/t15-,16-,18-,19-,20-/m0/s1. The number of fused-ring (bicyclic) bond motifs is 3. The summed E-state index contributed by atoms with van der Waals surface area (Å²) in [6, 6.07) is 0. The molecule has 0 bridgehead atoms. The van der Waals surface area contributed by atoms with E-state index >= 15 is 0 Å². The molecule has 21 heavy (non-hydrogen) atoms. The van der Waals surface area contributed by atoms with E-state index in [2.05, 4.69) is 41.2 Å². The van der Waals surface area contributed by atoms with E-state index in [0.29, 0.717) is 10.8 Å². The first kappa shape index (κ1) is 15.6. The summed E-state index contributed by atoms with van der Waals surface area (Å²) in [6.45, 7) is 16.2. The number of hydrogen-bond acceptors (Lipinski definition) is 1. The van der Waals surface area contributed by atoms with Crippen LogP contribution in [-0.4, -0.2) is 11.2 Å². The van der Waals surface area contributed by atoms with Crippen molar-refractivity contribution in [1.29, 1.82) is 0 Å². The molecule has 120 valence electrons. The molecule has 1 heterocycles. The number of hydrogen-bond donors (Lipinski definition) is 0. The van der Waals surface area contributed by atoms with Gasteiger partial charge in [-0.2, -0.15) is 0 Å². The van der Waals surface area contributed by atoms with Gasteiger partial charge in [0.05, 0.1) is 11.2 Å². The van der Waals surface area contributed by atoms with Crippen LogP contribution >= 0.6 is 0 Å². The van der Waals surface area contributed by atoms with Crippen molar-refractivity contribution >= 4 is 0 Å². The molecule has 3 rings (SSSR count). The molecule has 5 atom stereocenters. The molecule has 0 aromatic rings. The molecule has 0 aromatic heterocycles. The van der Waals surface area contributed by atoms with Crippen LogP contribution in [-0.2, 0) is 4.74 Å². The Balaban J connectivity index is 1.94. The highest BCUT2D eigenvalue weighted by molar-refractivity contribution is 5.12. The molecule has 1 nitrogen and oxygen atoms in total. The molecule has 1 aliphatic heterocycles. The van der Waals surface area contributed by atoms with Gasteiger partial charge in [0.15, 0.2) is 0 Å². The van der Waals surface area contributed by atoms with Gasteiger partial charge in [0.2, 0.25) is 0 Å². The third kappa shape index (κ3) is 2.22. The molecule has 2 saturated carbocycles. The predicted molar refractivity (Wildman–Crippen MR) is 89.3 cm³/mol. The number of ether oxygens (including phenoxy) is 1. The first-order valence-electron chi connectivity index (χ1n) is 8.99. The van der Waals surface area contributed by atoms with Crippen molar-refractivity contribution in [3.8, 4) is 0 Å². The summed E-state index contributed by atoms with van der Waals surface area (Å²) < 4.78 is 6.68. The van der Waals surface area contributed by atoms with Crippen molar-refractivity contribution in [3.05, 3.63) is 12.7 Å². The van der Waals surface area contributed by atoms with Gasteiger partial charge in [0.25, 0.3) is 0 Å². The smallest absolute Gasteiger partial charge is 0.0839 e. The van der Waals surface area contributed by atoms with Crippen LogP contribution in [0, 0.1) is 22.7 Å². The van der Waals surface area contributed by atoms with Gasteiger partial charge in [-0.1, -0.05) is 33.3 Å². The van der Waals surface area contributed by atoms with Crippen LogP contribution in [0.2, 0.25) is 0 Å². The van der Waals surface area contributed by atoms with Crippen LogP contribution in [0.3, 0.4) is 0 Å². The van der Waals surface area contributed by atoms with E-state index in [0.717, 1.165) is 18.3 Å². The molecule has 1 saturated heterocycles. The fourth-order valence-corrected chi connectivity index (χ4v) is 6.52. The van der Waals surface area contributed by atoms with Crippen LogP contribution < -0.4 is 0 Å². The SMILES string of the molecule is C=C[C@@]1(C)CC[C@H]2[C@@]3(C)CCCC(C)(C)[C@@H]3CC[C@]2(C)O1. The van der Waals surface area contributed by atoms with E-state index in [9.17, 15) is 0 Å². The summed E-state index contributed by atoms with van der Waals surface area (Å²) in [5.41, 5.74) is 0.920. The van der Waals surface area contributed by atoms with Crippen molar-refractivity contribution in [1.82, 2.24) is 0 Å². The monoisotopic (exact) mass is 290 g/mol. The quantitative estimate of drug-likeness (QED) is 0.559. The minimum absolute atomic E-state index is 0.0554. The van der Waals surface area contributed by atoms with E-state index in [4.69, 9.17) is 4.74 Å². The third-order valence-corrected chi connectivity index (χ3v) is 7.57. The summed E-state index contributed by atoms with van der Waals surface area (Å²) >= 11 is 0. The van der Waals surface area contributed by atoms with E-state index in [1.807, 2.05) is 6.08 Å². The zero-order chi connectivity index (χ0) is 15.5. The summed E-state index contributed by atoms with van der Waals surface area (Å²) in [5.74, 6) is 1.59. The molecule has 0 radical (unpaired) electrons. The van der Waals surface area contributed by atoms with Crippen LogP contribution in [0.4, 0.5) is 0 Å². The highest BCUT2D eigenvalue weighted by Gasteiger charge is 2.61. The third-order valence-electron chi connectivity index (χ3n) is 7.57. The zero-order valence-electron chi connectivity index (χ0n) is 14.8. The predicted octanol–water partition coefficient (Wildman–Crippen LogP) is 5.74. The van der Waals surface area contributed by atoms with Crippen LogP contribution in [0.1, 0.15) is 79.6 Å². The summed E-state index contributed by atoms with van der Waals surface area (Å²) in [5, 5.41) is 0. The second-order valence-electron chi connectivity index (χ2n) is 9.46. The van der Waals surface area contributed by atoms with Crippen molar-refractivity contribution in [3.63, 3.8) is 0 Å². The molecule has 0 amide bonds. The largest absolute Gasteiger partial charge is 0.365 e. The van der Waals surface area contributed by atoms with Crippen LogP contribution in [0.15, 0.2) is 12.7 Å². The summed E-state index contributed by atoms with van der Waals surface area (Å²) in [7, 11) is 0. The lowest BCUT2D eigenvalue weighted by Crippen LogP contribution is -2.62. The highest BCUT2D eigenvalue weighted by atomic mass is 16.5. The summed E-state index contributed by atoms with van der Waals surface area (Å²) in [6.07, 6.45) is 11.2. The Bertz CT molecular complexity index is 439. The molecule has 1 heteroatoms. The molecule has 3 aliphatic rings. The van der Waals surface area contributed by atoms with Gasteiger partial charge in [-0.05, 0) is 75.0 Å². The molecular formula is C20H34O. The topological polar surface area (TPSA) is 9.23 Å².